The number of ether oxygens (including phenoxy) is 1. The first-order valence-electron chi connectivity index (χ1n) is 7.28. The molecule has 0 amide bonds. The Balaban J connectivity index is 2.99. The summed E-state index contributed by atoms with van der Waals surface area (Å²) >= 11 is 0. The van der Waals surface area contributed by atoms with Crippen LogP contribution in [0.2, 0.25) is 0 Å². The molecule has 0 saturated carbocycles. The molecule has 0 bridgehead atoms. The predicted molar refractivity (Wildman–Crippen MR) is 82.8 cm³/mol. The Morgan fingerprint density at radius 1 is 1.20 bits per heavy atom. The quantitative estimate of drug-likeness (QED) is 0.836. The molecule has 0 fully saturated rings. The fourth-order valence-electron chi connectivity index (χ4n) is 2.03. The molecule has 0 aromatic heterocycles. The molecule has 1 N–H and O–H groups in total. The summed E-state index contributed by atoms with van der Waals surface area (Å²) in [4.78, 5) is 12.1. The summed E-state index contributed by atoms with van der Waals surface area (Å²) in [5.74, 6) is -0.218. The Morgan fingerprint density at radius 3 is 2.15 bits per heavy atom. The molecule has 0 saturated heterocycles. The zero-order valence-electron chi connectivity index (χ0n) is 13.5. The van der Waals surface area contributed by atoms with Crippen LogP contribution in [0.3, 0.4) is 0 Å². The smallest absolute Gasteiger partial charge is 0.327 e. The van der Waals surface area contributed by atoms with E-state index >= 15 is 0 Å². The van der Waals surface area contributed by atoms with Gasteiger partial charge in [-0.1, -0.05) is 45.0 Å². The average Bonchev–Trinajstić information content (AvgIpc) is 2.35. The maximum absolute atomic E-state index is 12.1. The lowest BCUT2D eigenvalue weighted by atomic mass is 9.86. The highest BCUT2D eigenvalue weighted by Gasteiger charge is 2.23. The minimum atomic E-state index is -0.399. The molecule has 0 heterocycles. The van der Waals surface area contributed by atoms with Crippen LogP contribution in [0.25, 0.3) is 0 Å². The van der Waals surface area contributed by atoms with Crippen molar-refractivity contribution in [3.8, 4) is 0 Å². The standard InChI is InChI=1S/C17H27NO2/c1-7-20-16(19)15(18-12(2)3)13-8-10-14(11-9-13)17(4,5)6/h8-12,15,18H,7H2,1-6H3. The maximum atomic E-state index is 12.1. The molecule has 0 spiro atoms. The van der Waals surface area contributed by atoms with Crippen molar-refractivity contribution in [3.63, 3.8) is 0 Å². The lowest BCUT2D eigenvalue weighted by molar-refractivity contribution is -0.146. The van der Waals surface area contributed by atoms with Crippen molar-refractivity contribution in [1.29, 1.82) is 0 Å². The van der Waals surface area contributed by atoms with Gasteiger partial charge in [-0.2, -0.15) is 0 Å². The highest BCUT2D eigenvalue weighted by Crippen LogP contribution is 2.24. The minimum Gasteiger partial charge on any atom is -0.465 e. The largest absolute Gasteiger partial charge is 0.465 e. The van der Waals surface area contributed by atoms with Crippen molar-refractivity contribution in [2.24, 2.45) is 0 Å². The third-order valence-corrected chi connectivity index (χ3v) is 3.13. The number of carbonyl (C=O) groups is 1. The topological polar surface area (TPSA) is 38.3 Å². The van der Waals surface area contributed by atoms with Gasteiger partial charge in [0.05, 0.1) is 6.61 Å². The normalized spacial score (nSPS) is 13.3. The number of rotatable bonds is 5. The van der Waals surface area contributed by atoms with Crippen LogP contribution in [0, 0.1) is 0 Å². The van der Waals surface area contributed by atoms with E-state index in [1.807, 2.05) is 32.9 Å². The summed E-state index contributed by atoms with van der Waals surface area (Å²) in [6, 6.07) is 8.01. The summed E-state index contributed by atoms with van der Waals surface area (Å²) in [5, 5.41) is 3.26. The predicted octanol–water partition coefficient (Wildman–Crippen LogP) is 3.59. The average molecular weight is 277 g/mol. The van der Waals surface area contributed by atoms with Crippen LogP contribution < -0.4 is 5.32 Å². The lowest BCUT2D eigenvalue weighted by Crippen LogP contribution is -2.34. The minimum absolute atomic E-state index is 0.115. The van der Waals surface area contributed by atoms with Crippen molar-refractivity contribution in [2.45, 2.75) is 59.0 Å². The molecule has 112 valence electrons. The van der Waals surface area contributed by atoms with Gasteiger partial charge in [-0.15, -0.1) is 0 Å². The second-order valence-electron chi connectivity index (χ2n) is 6.38. The second kappa shape index (κ2) is 6.89. The van der Waals surface area contributed by atoms with Crippen molar-refractivity contribution < 1.29 is 9.53 Å². The summed E-state index contributed by atoms with van der Waals surface area (Å²) in [5.41, 5.74) is 2.32. The highest BCUT2D eigenvalue weighted by molar-refractivity contribution is 5.77. The molecule has 1 unspecified atom stereocenters. The van der Waals surface area contributed by atoms with E-state index in [1.54, 1.807) is 0 Å². The maximum Gasteiger partial charge on any atom is 0.327 e. The van der Waals surface area contributed by atoms with Crippen LogP contribution in [0.5, 0.6) is 0 Å². The van der Waals surface area contributed by atoms with Crippen LogP contribution in [0.4, 0.5) is 0 Å². The van der Waals surface area contributed by atoms with E-state index in [4.69, 9.17) is 4.74 Å². The fraction of sp³-hybridized carbons (Fsp3) is 0.588. The Kier molecular flexibility index (Phi) is 5.75. The van der Waals surface area contributed by atoms with Gasteiger partial charge in [-0.05, 0) is 37.3 Å². The number of benzene rings is 1. The van der Waals surface area contributed by atoms with Crippen LogP contribution >= 0.6 is 0 Å². The van der Waals surface area contributed by atoms with Gasteiger partial charge in [-0.25, -0.2) is 4.79 Å². The molecular weight excluding hydrogens is 250 g/mol. The van der Waals surface area contributed by atoms with E-state index in [9.17, 15) is 4.79 Å². The number of nitrogens with one attached hydrogen (secondary N) is 1. The molecule has 1 rings (SSSR count). The van der Waals surface area contributed by atoms with Crippen LogP contribution in [0.15, 0.2) is 24.3 Å². The third kappa shape index (κ3) is 4.64. The van der Waals surface area contributed by atoms with Gasteiger partial charge >= 0.3 is 5.97 Å². The summed E-state index contributed by atoms with van der Waals surface area (Å²) in [7, 11) is 0. The lowest BCUT2D eigenvalue weighted by Gasteiger charge is -2.22. The summed E-state index contributed by atoms with van der Waals surface area (Å²) in [6.45, 7) is 12.8. The Bertz CT molecular complexity index is 429. The van der Waals surface area contributed by atoms with Crippen molar-refractivity contribution in [2.75, 3.05) is 6.61 Å². The van der Waals surface area contributed by atoms with E-state index in [2.05, 4.69) is 38.2 Å². The van der Waals surface area contributed by atoms with E-state index in [0.29, 0.717) is 6.61 Å². The van der Waals surface area contributed by atoms with E-state index in [0.717, 1.165) is 5.56 Å². The van der Waals surface area contributed by atoms with E-state index in [-0.39, 0.29) is 17.4 Å². The molecule has 3 nitrogen and oxygen atoms in total. The molecular formula is C17H27NO2. The molecule has 0 radical (unpaired) electrons. The van der Waals surface area contributed by atoms with E-state index < -0.39 is 6.04 Å². The number of hydrogen-bond acceptors (Lipinski definition) is 3. The van der Waals surface area contributed by atoms with Crippen LogP contribution in [0.1, 0.15) is 58.7 Å². The van der Waals surface area contributed by atoms with Gasteiger partial charge in [-0.3, -0.25) is 5.32 Å². The molecule has 0 aliphatic carbocycles. The second-order valence-corrected chi connectivity index (χ2v) is 6.38. The summed E-state index contributed by atoms with van der Waals surface area (Å²) < 4.78 is 5.16. The molecule has 20 heavy (non-hydrogen) atoms. The third-order valence-electron chi connectivity index (χ3n) is 3.13. The molecule has 0 aliphatic heterocycles. The first-order valence-corrected chi connectivity index (χ1v) is 7.28. The first kappa shape index (κ1) is 16.7. The fourth-order valence-corrected chi connectivity index (χ4v) is 2.03. The molecule has 3 heteroatoms. The van der Waals surface area contributed by atoms with Gasteiger partial charge in [0.25, 0.3) is 0 Å². The monoisotopic (exact) mass is 277 g/mol. The zero-order valence-corrected chi connectivity index (χ0v) is 13.5. The molecule has 1 atom stereocenters. The first-order chi connectivity index (χ1) is 9.25. The molecule has 1 aromatic rings. The Labute approximate surface area is 122 Å². The van der Waals surface area contributed by atoms with E-state index in [1.165, 1.54) is 5.56 Å². The number of esters is 1. The zero-order chi connectivity index (χ0) is 15.3. The highest BCUT2D eigenvalue weighted by atomic mass is 16.5. The molecule has 1 aromatic carbocycles. The molecule has 0 aliphatic rings. The van der Waals surface area contributed by atoms with Gasteiger partial charge in [0, 0.05) is 6.04 Å². The number of carbonyl (C=O) groups excluding carboxylic acids is 1. The SMILES string of the molecule is CCOC(=O)C(NC(C)C)c1ccc(C(C)(C)C)cc1. The van der Waals surface area contributed by atoms with Gasteiger partial charge in [0.15, 0.2) is 0 Å². The van der Waals surface area contributed by atoms with Gasteiger partial charge in [0.2, 0.25) is 0 Å². The van der Waals surface area contributed by atoms with Crippen molar-refractivity contribution in [3.05, 3.63) is 35.4 Å². The van der Waals surface area contributed by atoms with Crippen molar-refractivity contribution >= 4 is 5.97 Å². The Hall–Kier alpha value is -1.35. The van der Waals surface area contributed by atoms with Gasteiger partial charge in [0.1, 0.15) is 6.04 Å². The van der Waals surface area contributed by atoms with Crippen molar-refractivity contribution in [1.82, 2.24) is 5.32 Å². The van der Waals surface area contributed by atoms with Gasteiger partial charge < -0.3 is 4.74 Å². The van der Waals surface area contributed by atoms with Crippen LogP contribution in [-0.4, -0.2) is 18.6 Å². The van der Waals surface area contributed by atoms with Crippen LogP contribution in [-0.2, 0) is 14.9 Å². The Morgan fingerprint density at radius 2 is 1.75 bits per heavy atom. The summed E-state index contributed by atoms with van der Waals surface area (Å²) in [6.07, 6.45) is 0. The number of hydrogen-bond donors (Lipinski definition) is 1.